The van der Waals surface area contributed by atoms with Gasteiger partial charge >= 0.3 is 0 Å². The van der Waals surface area contributed by atoms with E-state index in [2.05, 4.69) is 170 Å². The summed E-state index contributed by atoms with van der Waals surface area (Å²) >= 11 is 29.2. The average Bonchev–Trinajstić information content (AvgIpc) is 2.36. The number of nitrogens with zero attached hydrogens (tertiary/aromatic N) is 4. The monoisotopic (exact) mass is 1250 g/mol. The Kier molecular flexibility index (Phi) is 17.9. The zero-order valence-electron chi connectivity index (χ0n) is 46.1. The van der Waals surface area contributed by atoms with E-state index < -0.39 is 20.2 Å². The molecule has 0 N–H and O–H groups in total. The fourth-order valence-corrected chi connectivity index (χ4v) is 15.0. The summed E-state index contributed by atoms with van der Waals surface area (Å²) in [4.78, 5) is 4.34. The molecule has 7 aromatic carbocycles. The number of halogens is 4. The van der Waals surface area contributed by atoms with Crippen LogP contribution in [0.1, 0.15) is 57.2 Å². The molecule has 0 radical (unpaired) electrons. The molecule has 0 saturated carbocycles. The Morgan fingerprint density at radius 1 is 0.524 bits per heavy atom. The normalized spacial score (nSPS) is 17.9. The molecule has 2 unspecified atom stereocenters. The van der Waals surface area contributed by atoms with E-state index in [1.165, 1.54) is 69.3 Å². The summed E-state index contributed by atoms with van der Waals surface area (Å²) in [5, 5.41) is 4.83. The molecule has 2 aliphatic rings. The highest BCUT2D eigenvalue weighted by atomic mass is 35.5. The first-order valence-corrected chi connectivity index (χ1v) is 31.9. The van der Waals surface area contributed by atoms with Crippen LogP contribution in [0.3, 0.4) is 0 Å². The van der Waals surface area contributed by atoms with Crippen LogP contribution in [0.2, 0.25) is 20.1 Å². The van der Waals surface area contributed by atoms with Crippen molar-refractivity contribution in [1.82, 2.24) is 0 Å². The average molecular weight is 1250 g/mol. The summed E-state index contributed by atoms with van der Waals surface area (Å²) in [6.45, 7) is 8.40. The SMILES string of the molecule is CN1C(=CC=Cc2sc3c(Cl)cc(Cl)cc3[n+]2C)C(C)(Cc2ccc(CC3(C)C(=CC=Cc4sc5c(Cl)cc(Cl)cc5[n+]4C)N(C)c4ccccc43)cc2)c2ccccc21.Cc1ccc(S(=O)(=O)[O-])cc1.Cc1ccc(S(=O)(=O)[O-])cc1. The minimum Gasteiger partial charge on any atom is -0.744 e. The van der Waals surface area contributed by atoms with Gasteiger partial charge in [-0.1, -0.05) is 177 Å². The van der Waals surface area contributed by atoms with E-state index in [0.29, 0.717) is 20.1 Å². The first-order valence-electron chi connectivity index (χ1n) is 25.9. The van der Waals surface area contributed by atoms with Crippen molar-refractivity contribution in [3.05, 3.63) is 245 Å². The highest BCUT2D eigenvalue weighted by Crippen LogP contribution is 2.51. The standard InChI is InChI=1S/C50H44Cl4N4S2.2C7H8O3S/c1-49(35-13-7-9-15-39(35)55(3)43(49)17-11-19-45-57(5)41-27-33(51)25-37(53)47(41)59-45)29-31-21-23-32(24-22-31)30-50(2)36-14-8-10-16-40(36)56(4)44(50)18-12-20-46-58(6)42-28-34(52)26-38(54)48(42)60-46;2*1-6-2-4-7(5-3-6)11(8,9)10/h7-28H,29-30H2,1-6H3;2*2-5H,1H3,(H,8,9,10)/q+2;;/p-2. The molecule has 0 saturated heterocycles. The van der Waals surface area contributed by atoms with Crippen molar-refractivity contribution in [3.8, 4) is 0 Å². The molecule has 2 aromatic heterocycles. The number of anilines is 2. The van der Waals surface area contributed by atoms with Gasteiger partial charge in [0.2, 0.25) is 11.0 Å². The Morgan fingerprint density at radius 2 is 0.866 bits per heavy atom. The molecule has 82 heavy (non-hydrogen) atoms. The largest absolute Gasteiger partial charge is 0.744 e. The number of allylic oxidation sites excluding steroid dienone is 6. The molecule has 10 nitrogen and oxygen atoms in total. The van der Waals surface area contributed by atoms with Crippen LogP contribution < -0.4 is 18.9 Å². The topological polar surface area (TPSA) is 129 Å². The second-order valence-corrected chi connectivity index (χ2v) is 27.3. The van der Waals surface area contributed by atoms with E-state index in [0.717, 1.165) is 54.4 Å². The third-order valence-corrected chi connectivity index (χ3v) is 20.6. The molecule has 2 atom stereocenters. The lowest BCUT2D eigenvalue weighted by molar-refractivity contribution is -0.642. The third-order valence-electron chi connectivity index (χ3n) is 15.1. The van der Waals surface area contributed by atoms with Gasteiger partial charge in [-0.3, -0.25) is 0 Å². The molecule has 0 bridgehead atoms. The van der Waals surface area contributed by atoms with Gasteiger partial charge in [0, 0.05) is 82.0 Å². The van der Waals surface area contributed by atoms with Crippen molar-refractivity contribution < 1.29 is 35.1 Å². The van der Waals surface area contributed by atoms with E-state index >= 15 is 0 Å². The molecular weight excluding hydrogens is 1190 g/mol. The van der Waals surface area contributed by atoms with Crippen LogP contribution >= 0.6 is 69.1 Å². The highest BCUT2D eigenvalue weighted by molar-refractivity contribution is 7.86. The van der Waals surface area contributed by atoms with Gasteiger partial charge in [0.25, 0.3) is 10.0 Å². The molecule has 0 aliphatic carbocycles. The Labute approximate surface area is 508 Å². The first kappa shape index (κ1) is 60.5. The fraction of sp³-hybridized carbons (Fsp3) is 0.188. The number of aryl methyl sites for hydroxylation is 4. The highest BCUT2D eigenvalue weighted by Gasteiger charge is 2.43. The molecule has 18 heteroatoms. The number of rotatable bonds is 10. The number of hydrogen-bond donors (Lipinski definition) is 0. The predicted molar refractivity (Wildman–Crippen MR) is 337 cm³/mol. The maximum atomic E-state index is 10.4. The molecule has 0 fully saturated rings. The van der Waals surface area contributed by atoms with Crippen molar-refractivity contribution in [2.45, 2.75) is 61.2 Å². The Morgan fingerprint density at radius 3 is 1.21 bits per heavy atom. The summed E-state index contributed by atoms with van der Waals surface area (Å²) in [5.41, 5.74) is 13.7. The van der Waals surface area contributed by atoms with Crippen molar-refractivity contribution in [2.24, 2.45) is 14.1 Å². The van der Waals surface area contributed by atoms with Gasteiger partial charge < -0.3 is 18.9 Å². The van der Waals surface area contributed by atoms with Gasteiger partial charge in [-0.15, -0.1) is 0 Å². The number of fused-ring (bicyclic) bond motifs is 4. The van der Waals surface area contributed by atoms with Crippen molar-refractivity contribution in [3.63, 3.8) is 0 Å². The quantitative estimate of drug-likeness (QED) is 0.0978. The third kappa shape index (κ3) is 12.7. The van der Waals surface area contributed by atoms with Crippen molar-refractivity contribution >= 4 is 133 Å². The summed E-state index contributed by atoms with van der Waals surface area (Å²) in [7, 11) is -0.0601. The molecule has 2 aliphatic heterocycles. The van der Waals surface area contributed by atoms with E-state index in [4.69, 9.17) is 46.4 Å². The van der Waals surface area contributed by atoms with Gasteiger partial charge in [-0.25, -0.2) is 16.8 Å². The first-order chi connectivity index (χ1) is 38.8. The van der Waals surface area contributed by atoms with E-state index in [9.17, 15) is 25.9 Å². The number of para-hydroxylation sites is 2. The molecule has 9 aromatic rings. The minimum absolute atomic E-state index is 0.178. The number of thiazole rings is 2. The minimum atomic E-state index is -4.27. The smallest absolute Gasteiger partial charge is 0.262 e. The Hall–Kier alpha value is -6.14. The summed E-state index contributed by atoms with van der Waals surface area (Å²) in [5.74, 6) is 0. The van der Waals surface area contributed by atoms with E-state index in [1.807, 2.05) is 38.1 Å². The number of aromatic nitrogens is 2. The van der Waals surface area contributed by atoms with Gasteiger partial charge in [0.1, 0.15) is 43.7 Å². The number of benzene rings is 7. The van der Waals surface area contributed by atoms with Crippen molar-refractivity contribution in [2.75, 3.05) is 23.9 Å². The zero-order chi connectivity index (χ0) is 59.1. The summed E-state index contributed by atoms with van der Waals surface area (Å²) < 4.78 is 68.7. The van der Waals surface area contributed by atoms with Crippen molar-refractivity contribution in [1.29, 1.82) is 0 Å². The van der Waals surface area contributed by atoms with Crippen LogP contribution in [0.4, 0.5) is 11.4 Å². The Bertz CT molecular complexity index is 4000. The molecule has 4 heterocycles. The van der Waals surface area contributed by atoms with Crippen LogP contribution in [0.15, 0.2) is 191 Å². The van der Waals surface area contributed by atoms with Gasteiger partial charge in [-0.2, -0.15) is 9.13 Å². The molecule has 0 amide bonds. The predicted octanol–water partition coefficient (Wildman–Crippen LogP) is 15.3. The number of hydrogen-bond acceptors (Lipinski definition) is 10. The summed E-state index contributed by atoms with van der Waals surface area (Å²) in [6, 6.07) is 46.0. The molecule has 0 spiro atoms. The fourth-order valence-electron chi connectivity index (χ4n) is 10.8. The van der Waals surface area contributed by atoms with E-state index in [-0.39, 0.29) is 20.6 Å². The van der Waals surface area contributed by atoms with Crippen LogP contribution in [-0.2, 0) is 58.0 Å². The Balaban J connectivity index is 0.000000306. The maximum Gasteiger partial charge on any atom is 0.262 e. The van der Waals surface area contributed by atoms with Gasteiger partial charge in [-0.05, 0) is 123 Å². The molecular formula is C64H58Cl4N4O6S4. The second-order valence-electron chi connectivity index (χ2n) is 20.8. The lowest BCUT2D eigenvalue weighted by atomic mass is 9.75. The van der Waals surface area contributed by atoms with Crippen LogP contribution in [-0.4, -0.2) is 40.0 Å². The lowest BCUT2D eigenvalue weighted by Gasteiger charge is -2.30. The van der Waals surface area contributed by atoms with Crippen LogP contribution in [0, 0.1) is 13.8 Å². The van der Waals surface area contributed by atoms with Gasteiger partial charge in [0.15, 0.2) is 0 Å². The second kappa shape index (κ2) is 24.2. The van der Waals surface area contributed by atoms with Crippen LogP contribution in [0.25, 0.3) is 32.6 Å². The molecule has 11 rings (SSSR count). The zero-order valence-corrected chi connectivity index (χ0v) is 52.4. The summed E-state index contributed by atoms with van der Waals surface area (Å²) in [6.07, 6.45) is 15.0. The molecule has 422 valence electrons. The van der Waals surface area contributed by atoms with Gasteiger partial charge in [0.05, 0.1) is 19.8 Å². The van der Waals surface area contributed by atoms with Crippen LogP contribution in [0.5, 0.6) is 0 Å². The number of likely N-dealkylation sites (N-methyl/N-ethyl adjacent to an activating group) is 2. The lowest BCUT2D eigenvalue weighted by Crippen LogP contribution is -2.29. The maximum absolute atomic E-state index is 10.4. The van der Waals surface area contributed by atoms with E-state index in [1.54, 1.807) is 46.9 Å².